The van der Waals surface area contributed by atoms with E-state index in [1.807, 2.05) is 11.8 Å². The lowest BCUT2D eigenvalue weighted by Crippen LogP contribution is -2.44. The van der Waals surface area contributed by atoms with Gasteiger partial charge in [-0.05, 0) is 38.2 Å². The van der Waals surface area contributed by atoms with Gasteiger partial charge in [-0.2, -0.15) is 0 Å². The number of nitrogens with zero attached hydrogens (tertiary/aromatic N) is 2. The Morgan fingerprint density at radius 2 is 1.96 bits per heavy atom. The highest BCUT2D eigenvalue weighted by Crippen LogP contribution is 2.32. The number of hydrogen-bond donors (Lipinski definition) is 1. The molecule has 1 aliphatic rings. The second-order valence-corrected chi connectivity index (χ2v) is 7.04. The summed E-state index contributed by atoms with van der Waals surface area (Å²) in [6.45, 7) is 7.39. The lowest BCUT2D eigenvalue weighted by atomic mass is 9.98. The Hall–Kier alpha value is -1.82. The molecule has 1 N–H and O–H groups in total. The van der Waals surface area contributed by atoms with E-state index in [-0.39, 0.29) is 23.6 Å². The number of halogens is 1. The summed E-state index contributed by atoms with van der Waals surface area (Å²) in [5.41, 5.74) is 1.51. The first-order valence-corrected chi connectivity index (χ1v) is 9.25. The van der Waals surface area contributed by atoms with Gasteiger partial charge in [0, 0.05) is 37.2 Å². The number of aryl methyl sites for hydroxylation is 1. The molecule has 6 nitrogen and oxygen atoms in total. The number of nitro groups is 1. The number of carbonyl (C=O) groups excluding carboxylic acids is 1. The molecule has 138 valence electrons. The van der Waals surface area contributed by atoms with Crippen LogP contribution in [0.25, 0.3) is 0 Å². The zero-order valence-corrected chi connectivity index (χ0v) is 15.8. The summed E-state index contributed by atoms with van der Waals surface area (Å²) in [5, 5.41) is 14.7. The van der Waals surface area contributed by atoms with Crippen molar-refractivity contribution in [2.75, 3.05) is 18.4 Å². The summed E-state index contributed by atoms with van der Waals surface area (Å²) in [6.07, 6.45) is 3.45. The van der Waals surface area contributed by atoms with E-state index in [1.165, 1.54) is 12.1 Å². The largest absolute Gasteiger partial charge is 0.381 e. The fourth-order valence-corrected chi connectivity index (χ4v) is 3.67. The Labute approximate surface area is 153 Å². The van der Waals surface area contributed by atoms with E-state index in [9.17, 15) is 14.9 Å². The fraction of sp³-hybridized carbons (Fsp3) is 0.611. The van der Waals surface area contributed by atoms with Gasteiger partial charge in [0.05, 0.1) is 15.6 Å². The van der Waals surface area contributed by atoms with Crippen LogP contribution in [0.1, 0.15) is 45.1 Å². The molecule has 7 heteroatoms. The Morgan fingerprint density at radius 3 is 2.44 bits per heavy atom. The van der Waals surface area contributed by atoms with E-state index in [1.54, 1.807) is 0 Å². The van der Waals surface area contributed by atoms with Gasteiger partial charge in [-0.1, -0.05) is 25.4 Å². The minimum Gasteiger partial charge on any atom is -0.381 e. The van der Waals surface area contributed by atoms with Crippen molar-refractivity contribution in [3.05, 3.63) is 32.8 Å². The van der Waals surface area contributed by atoms with Crippen molar-refractivity contribution < 1.29 is 9.72 Å². The van der Waals surface area contributed by atoms with Crippen LogP contribution in [0.15, 0.2) is 12.1 Å². The molecule has 0 aromatic heterocycles. The van der Waals surface area contributed by atoms with Crippen LogP contribution >= 0.6 is 11.6 Å². The molecule has 1 aliphatic heterocycles. The molecule has 0 atom stereocenters. The lowest BCUT2D eigenvalue weighted by molar-refractivity contribution is -0.384. The molecular formula is C18H26ClN3O3. The third-order valence-corrected chi connectivity index (χ3v) is 5.27. The molecule has 0 radical (unpaired) electrons. The van der Waals surface area contributed by atoms with Gasteiger partial charge < -0.3 is 10.2 Å². The maximum atomic E-state index is 12.5. The maximum absolute atomic E-state index is 12.5. The molecule has 1 saturated heterocycles. The van der Waals surface area contributed by atoms with Crippen molar-refractivity contribution in [1.82, 2.24) is 4.90 Å². The lowest BCUT2D eigenvalue weighted by Gasteiger charge is -2.35. The van der Waals surface area contributed by atoms with E-state index < -0.39 is 4.92 Å². The summed E-state index contributed by atoms with van der Waals surface area (Å²) >= 11 is 6.22. The van der Waals surface area contributed by atoms with Gasteiger partial charge in [-0.3, -0.25) is 14.9 Å². The van der Waals surface area contributed by atoms with Crippen LogP contribution in [0, 0.1) is 23.0 Å². The van der Waals surface area contributed by atoms with Crippen LogP contribution in [-0.4, -0.2) is 34.9 Å². The number of nitrogens with one attached hydrogen (secondary N) is 1. The van der Waals surface area contributed by atoms with Crippen molar-refractivity contribution in [3.63, 3.8) is 0 Å². The molecule has 2 rings (SSSR count). The molecule has 25 heavy (non-hydrogen) atoms. The number of likely N-dealkylation sites (tertiary alicyclic amines) is 1. The average molecular weight is 368 g/mol. The molecule has 1 heterocycles. The van der Waals surface area contributed by atoms with Gasteiger partial charge in [0.1, 0.15) is 0 Å². The first-order valence-electron chi connectivity index (χ1n) is 8.87. The van der Waals surface area contributed by atoms with Gasteiger partial charge in [0.15, 0.2) is 0 Å². The average Bonchev–Trinajstić information content (AvgIpc) is 2.59. The molecular weight excluding hydrogens is 342 g/mol. The number of amides is 1. The highest BCUT2D eigenvalue weighted by atomic mass is 35.5. The Morgan fingerprint density at radius 1 is 1.36 bits per heavy atom. The third kappa shape index (κ3) is 4.63. The number of rotatable bonds is 6. The predicted molar refractivity (Wildman–Crippen MR) is 100 cm³/mol. The summed E-state index contributed by atoms with van der Waals surface area (Å²) < 4.78 is 0. The SMILES string of the molecule is CCC(CC)C(=O)N1CCC(Nc2c(C)cc([N+](=O)[O-])cc2Cl)CC1. The summed E-state index contributed by atoms with van der Waals surface area (Å²) in [6, 6.07) is 3.12. The van der Waals surface area contributed by atoms with Crippen LogP contribution in [0.2, 0.25) is 5.02 Å². The highest BCUT2D eigenvalue weighted by molar-refractivity contribution is 6.33. The van der Waals surface area contributed by atoms with E-state index in [0.29, 0.717) is 5.02 Å². The molecule has 1 aromatic carbocycles. The molecule has 0 unspecified atom stereocenters. The first-order chi connectivity index (χ1) is 11.9. The van der Waals surface area contributed by atoms with E-state index >= 15 is 0 Å². The number of nitro benzene ring substituents is 1. The third-order valence-electron chi connectivity index (χ3n) is 4.97. The monoisotopic (exact) mass is 367 g/mol. The number of carbonyl (C=O) groups is 1. The van der Waals surface area contributed by atoms with Crippen molar-refractivity contribution in [3.8, 4) is 0 Å². The summed E-state index contributed by atoms with van der Waals surface area (Å²) in [4.78, 5) is 24.9. The minimum atomic E-state index is -0.440. The van der Waals surface area contributed by atoms with Gasteiger partial charge in [0.25, 0.3) is 5.69 Å². The fourth-order valence-electron chi connectivity index (χ4n) is 3.36. The van der Waals surface area contributed by atoms with Crippen LogP contribution in [0.3, 0.4) is 0 Å². The Balaban J connectivity index is 1.99. The molecule has 0 spiro atoms. The Kier molecular flexibility index (Phi) is 6.64. The molecule has 0 saturated carbocycles. The standard InChI is InChI=1S/C18H26ClN3O3/c1-4-13(5-2)18(23)21-8-6-14(7-9-21)20-17-12(3)10-15(22(24)25)11-16(17)19/h10-11,13-14,20H,4-9H2,1-3H3. The molecule has 0 bridgehead atoms. The molecule has 1 aromatic rings. The number of hydrogen-bond acceptors (Lipinski definition) is 4. The van der Waals surface area contributed by atoms with E-state index in [2.05, 4.69) is 19.2 Å². The van der Waals surface area contributed by atoms with Crippen molar-refractivity contribution >= 4 is 28.9 Å². The number of anilines is 1. The van der Waals surface area contributed by atoms with Crippen LogP contribution in [0.5, 0.6) is 0 Å². The van der Waals surface area contributed by atoms with Gasteiger partial charge in [-0.25, -0.2) is 0 Å². The van der Waals surface area contributed by atoms with Crippen molar-refractivity contribution in [2.45, 2.75) is 52.5 Å². The smallest absolute Gasteiger partial charge is 0.271 e. The summed E-state index contributed by atoms with van der Waals surface area (Å²) in [7, 11) is 0. The quantitative estimate of drug-likeness (QED) is 0.597. The van der Waals surface area contributed by atoms with Gasteiger partial charge in [-0.15, -0.1) is 0 Å². The number of piperidine rings is 1. The zero-order valence-electron chi connectivity index (χ0n) is 15.0. The normalized spacial score (nSPS) is 15.5. The number of non-ortho nitro benzene ring substituents is 1. The van der Waals surface area contributed by atoms with E-state index in [4.69, 9.17) is 11.6 Å². The van der Waals surface area contributed by atoms with Crippen molar-refractivity contribution in [2.24, 2.45) is 5.92 Å². The molecule has 1 amide bonds. The van der Waals surface area contributed by atoms with Gasteiger partial charge in [0.2, 0.25) is 5.91 Å². The van der Waals surface area contributed by atoms with E-state index in [0.717, 1.165) is 50.0 Å². The molecule has 0 aliphatic carbocycles. The summed E-state index contributed by atoms with van der Waals surface area (Å²) in [5.74, 6) is 0.379. The molecule has 1 fully saturated rings. The minimum absolute atomic E-state index is 0.00126. The van der Waals surface area contributed by atoms with Crippen molar-refractivity contribution in [1.29, 1.82) is 0 Å². The highest BCUT2D eigenvalue weighted by Gasteiger charge is 2.27. The van der Waals surface area contributed by atoms with Crippen LogP contribution in [-0.2, 0) is 4.79 Å². The zero-order chi connectivity index (χ0) is 18.6. The topological polar surface area (TPSA) is 75.5 Å². The first kappa shape index (κ1) is 19.5. The second kappa shape index (κ2) is 8.52. The Bertz CT molecular complexity index is 615. The predicted octanol–water partition coefficient (Wildman–Crippen LogP) is 4.40. The number of benzene rings is 1. The second-order valence-electron chi connectivity index (χ2n) is 6.63. The van der Waals surface area contributed by atoms with Crippen LogP contribution in [0.4, 0.5) is 11.4 Å². The maximum Gasteiger partial charge on any atom is 0.271 e. The van der Waals surface area contributed by atoms with Crippen LogP contribution < -0.4 is 5.32 Å². The van der Waals surface area contributed by atoms with Gasteiger partial charge >= 0.3 is 0 Å².